The SMILES string of the molecule is COc1ccc(C2=NN(C3=NC(=O)[C@H](CC(=O)Nc4cccc(OC)c4)S3)[C@H](c3ccccc3)C2)cc1. The topological polar surface area (TPSA) is 92.6 Å². The Bertz CT molecular complexity index is 1360. The van der Waals surface area contributed by atoms with Gasteiger partial charge in [0.05, 0.1) is 26.0 Å². The van der Waals surface area contributed by atoms with Gasteiger partial charge in [0.25, 0.3) is 5.91 Å². The number of anilines is 1. The second-order valence-electron chi connectivity index (χ2n) is 8.57. The Balaban J connectivity index is 1.33. The molecule has 0 unspecified atom stereocenters. The van der Waals surface area contributed by atoms with Crippen LogP contribution in [0.5, 0.6) is 11.5 Å². The number of amides is 2. The Labute approximate surface area is 219 Å². The first-order valence-corrected chi connectivity index (χ1v) is 12.7. The number of nitrogens with zero attached hydrogens (tertiary/aromatic N) is 3. The molecule has 5 rings (SSSR count). The fourth-order valence-electron chi connectivity index (χ4n) is 4.27. The van der Waals surface area contributed by atoms with Crippen molar-refractivity contribution in [3.8, 4) is 11.5 Å². The van der Waals surface area contributed by atoms with E-state index < -0.39 is 5.25 Å². The highest BCUT2D eigenvalue weighted by atomic mass is 32.2. The first kappa shape index (κ1) is 24.6. The number of hydrogen-bond donors (Lipinski definition) is 1. The highest BCUT2D eigenvalue weighted by molar-refractivity contribution is 8.15. The van der Waals surface area contributed by atoms with Gasteiger partial charge in [0.1, 0.15) is 16.7 Å². The normalized spacial score (nSPS) is 18.9. The third-order valence-corrected chi connectivity index (χ3v) is 7.31. The summed E-state index contributed by atoms with van der Waals surface area (Å²) in [4.78, 5) is 29.8. The zero-order valence-electron chi connectivity index (χ0n) is 20.5. The molecule has 0 spiro atoms. The number of carbonyl (C=O) groups is 2. The molecule has 37 heavy (non-hydrogen) atoms. The summed E-state index contributed by atoms with van der Waals surface area (Å²) in [5.41, 5.74) is 3.56. The molecule has 3 aromatic rings. The molecule has 0 aromatic heterocycles. The molecular formula is C28H26N4O4S. The highest BCUT2D eigenvalue weighted by Crippen LogP contribution is 2.38. The minimum atomic E-state index is -0.614. The molecule has 0 fully saturated rings. The van der Waals surface area contributed by atoms with Crippen molar-refractivity contribution in [2.45, 2.75) is 24.1 Å². The third-order valence-electron chi connectivity index (χ3n) is 6.17. The molecule has 0 bridgehead atoms. The molecule has 2 amide bonds. The van der Waals surface area contributed by atoms with Gasteiger partial charge in [-0.05, 0) is 47.5 Å². The molecule has 2 aliphatic heterocycles. The molecule has 3 aromatic carbocycles. The van der Waals surface area contributed by atoms with E-state index in [-0.39, 0.29) is 24.3 Å². The molecule has 2 heterocycles. The van der Waals surface area contributed by atoms with E-state index in [0.717, 1.165) is 22.6 Å². The second kappa shape index (κ2) is 10.9. The number of carbonyl (C=O) groups excluding carboxylic acids is 2. The van der Waals surface area contributed by atoms with Crippen molar-refractivity contribution in [3.05, 3.63) is 90.0 Å². The number of methoxy groups -OCH3 is 2. The predicted octanol–water partition coefficient (Wildman–Crippen LogP) is 4.88. The van der Waals surface area contributed by atoms with Crippen LogP contribution in [0.1, 0.15) is 30.0 Å². The van der Waals surface area contributed by atoms with Gasteiger partial charge in [-0.1, -0.05) is 48.2 Å². The van der Waals surface area contributed by atoms with Crippen LogP contribution in [0.4, 0.5) is 5.69 Å². The number of hydrazone groups is 1. The van der Waals surface area contributed by atoms with Crippen molar-refractivity contribution < 1.29 is 19.1 Å². The number of nitrogens with one attached hydrogen (secondary N) is 1. The van der Waals surface area contributed by atoms with Gasteiger partial charge in [-0.15, -0.1) is 0 Å². The molecule has 0 saturated heterocycles. The van der Waals surface area contributed by atoms with Gasteiger partial charge in [0.2, 0.25) is 5.91 Å². The lowest BCUT2D eigenvalue weighted by Crippen LogP contribution is -2.25. The summed E-state index contributed by atoms with van der Waals surface area (Å²) in [5.74, 6) is 0.816. The Kier molecular flexibility index (Phi) is 7.23. The maximum absolute atomic E-state index is 12.8. The largest absolute Gasteiger partial charge is 0.497 e. The van der Waals surface area contributed by atoms with Crippen LogP contribution in [0.2, 0.25) is 0 Å². The third kappa shape index (κ3) is 5.51. The molecule has 2 atom stereocenters. The number of thioether (sulfide) groups is 1. The van der Waals surface area contributed by atoms with Crippen LogP contribution in [-0.4, -0.2) is 47.2 Å². The van der Waals surface area contributed by atoms with Crippen molar-refractivity contribution in [1.29, 1.82) is 0 Å². The molecular weight excluding hydrogens is 488 g/mol. The molecule has 0 saturated carbocycles. The van der Waals surface area contributed by atoms with E-state index in [0.29, 0.717) is 23.0 Å². The Hall–Kier alpha value is -4.11. The van der Waals surface area contributed by atoms with E-state index in [1.807, 2.05) is 59.6 Å². The molecule has 8 nitrogen and oxygen atoms in total. The summed E-state index contributed by atoms with van der Waals surface area (Å²) in [5, 5.41) is 9.42. The van der Waals surface area contributed by atoms with Crippen molar-refractivity contribution in [2.75, 3.05) is 19.5 Å². The maximum Gasteiger partial charge on any atom is 0.262 e. The van der Waals surface area contributed by atoms with E-state index in [9.17, 15) is 9.59 Å². The highest BCUT2D eigenvalue weighted by Gasteiger charge is 2.39. The lowest BCUT2D eigenvalue weighted by Gasteiger charge is -2.23. The smallest absolute Gasteiger partial charge is 0.262 e. The Morgan fingerprint density at radius 2 is 1.76 bits per heavy atom. The fraction of sp³-hybridized carbons (Fsp3) is 0.214. The van der Waals surface area contributed by atoms with Gasteiger partial charge in [0.15, 0.2) is 5.17 Å². The fourth-order valence-corrected chi connectivity index (χ4v) is 5.33. The van der Waals surface area contributed by atoms with E-state index in [1.165, 1.54) is 11.8 Å². The van der Waals surface area contributed by atoms with E-state index >= 15 is 0 Å². The van der Waals surface area contributed by atoms with Crippen LogP contribution in [0.3, 0.4) is 0 Å². The van der Waals surface area contributed by atoms with Gasteiger partial charge in [-0.3, -0.25) is 9.59 Å². The lowest BCUT2D eigenvalue weighted by molar-refractivity contribution is -0.121. The van der Waals surface area contributed by atoms with Gasteiger partial charge >= 0.3 is 0 Å². The number of benzene rings is 3. The Morgan fingerprint density at radius 1 is 1.00 bits per heavy atom. The van der Waals surface area contributed by atoms with Crippen LogP contribution in [0.25, 0.3) is 0 Å². The van der Waals surface area contributed by atoms with Gasteiger partial charge in [0, 0.05) is 24.6 Å². The minimum absolute atomic E-state index is 0.00655. The predicted molar refractivity (Wildman–Crippen MR) is 145 cm³/mol. The van der Waals surface area contributed by atoms with Gasteiger partial charge in [-0.25, -0.2) is 5.01 Å². The number of aliphatic imine (C=N–C) groups is 1. The molecule has 0 radical (unpaired) electrons. The zero-order chi connectivity index (χ0) is 25.8. The van der Waals surface area contributed by atoms with Crippen LogP contribution in [0, 0.1) is 0 Å². The van der Waals surface area contributed by atoms with Crippen molar-refractivity contribution in [3.63, 3.8) is 0 Å². The molecule has 9 heteroatoms. The van der Waals surface area contributed by atoms with E-state index in [4.69, 9.17) is 14.6 Å². The molecule has 188 valence electrons. The maximum atomic E-state index is 12.8. The molecule has 2 aliphatic rings. The quantitative estimate of drug-likeness (QED) is 0.483. The van der Waals surface area contributed by atoms with E-state index in [2.05, 4.69) is 10.3 Å². The van der Waals surface area contributed by atoms with Crippen molar-refractivity contribution in [1.82, 2.24) is 5.01 Å². The first-order chi connectivity index (χ1) is 18.0. The molecule has 1 N–H and O–H groups in total. The van der Waals surface area contributed by atoms with Gasteiger partial charge in [-0.2, -0.15) is 10.1 Å². The van der Waals surface area contributed by atoms with Crippen LogP contribution < -0.4 is 14.8 Å². The average molecular weight is 515 g/mol. The monoisotopic (exact) mass is 514 g/mol. The summed E-state index contributed by atoms with van der Waals surface area (Å²) < 4.78 is 10.5. The summed E-state index contributed by atoms with van der Waals surface area (Å²) in [7, 11) is 3.20. The number of ether oxygens (including phenoxy) is 2. The standard InChI is InChI=1S/C28H26N4O4S/c1-35-21-13-11-18(12-14-21)23-16-24(19-7-4-3-5-8-19)32(31-23)28-30-27(34)25(37-28)17-26(33)29-20-9-6-10-22(15-20)36-2/h3-15,24-25H,16-17H2,1-2H3,(H,29,33)/t24-,25-/m0/s1. The number of rotatable bonds is 7. The zero-order valence-corrected chi connectivity index (χ0v) is 21.3. The average Bonchev–Trinajstić information content (AvgIpc) is 3.53. The van der Waals surface area contributed by atoms with Crippen LogP contribution in [-0.2, 0) is 9.59 Å². The summed E-state index contributed by atoms with van der Waals surface area (Å²) >= 11 is 1.28. The number of amidine groups is 1. The number of hydrogen-bond acceptors (Lipinski definition) is 7. The van der Waals surface area contributed by atoms with E-state index in [1.54, 1.807) is 38.5 Å². The summed E-state index contributed by atoms with van der Waals surface area (Å²) in [6.07, 6.45) is 0.664. The Morgan fingerprint density at radius 3 is 2.49 bits per heavy atom. The van der Waals surface area contributed by atoms with Gasteiger partial charge < -0.3 is 14.8 Å². The van der Waals surface area contributed by atoms with Crippen molar-refractivity contribution in [2.24, 2.45) is 10.1 Å². The lowest BCUT2D eigenvalue weighted by atomic mass is 9.98. The van der Waals surface area contributed by atoms with Crippen LogP contribution >= 0.6 is 11.8 Å². The first-order valence-electron chi connectivity index (χ1n) is 11.8. The molecule has 0 aliphatic carbocycles. The van der Waals surface area contributed by atoms with Crippen molar-refractivity contribution >= 4 is 40.1 Å². The summed E-state index contributed by atoms with van der Waals surface area (Å²) in [6.45, 7) is 0. The summed E-state index contributed by atoms with van der Waals surface area (Å²) in [6, 6.07) is 24.8. The van der Waals surface area contributed by atoms with Crippen LogP contribution in [0.15, 0.2) is 89.0 Å². The second-order valence-corrected chi connectivity index (χ2v) is 9.74. The minimum Gasteiger partial charge on any atom is -0.497 e.